The summed E-state index contributed by atoms with van der Waals surface area (Å²) in [5.74, 6) is -13.7. The SMILES string of the molecule is CC(C)(C)OC(=O)C[C@H](NC(=O)C1CCN(C(=O)C(=O)Nc2ccccc2C(F)(F)F)CC1)C(O)COc1c(F)c(F)cc(F)c1F. The van der Waals surface area contributed by atoms with Crippen LogP contribution in [-0.2, 0) is 30.1 Å². The number of likely N-dealkylation sites (tertiary alicyclic amines) is 1. The lowest BCUT2D eigenvalue weighted by molar-refractivity contribution is -0.156. The fraction of sp³-hybridized carbons (Fsp3) is 0.467. The van der Waals surface area contributed by atoms with Gasteiger partial charge in [-0.15, -0.1) is 0 Å². The van der Waals surface area contributed by atoms with Gasteiger partial charge in [0.1, 0.15) is 18.3 Å². The fourth-order valence-corrected chi connectivity index (χ4v) is 4.61. The first-order valence-electron chi connectivity index (χ1n) is 14.2. The fourth-order valence-electron chi connectivity index (χ4n) is 4.61. The molecule has 0 spiro atoms. The zero-order valence-corrected chi connectivity index (χ0v) is 25.4. The number of nitrogens with zero attached hydrogens (tertiary/aromatic N) is 1. The number of para-hydroxylation sites is 1. The summed E-state index contributed by atoms with van der Waals surface area (Å²) in [5, 5.41) is 15.1. The summed E-state index contributed by atoms with van der Waals surface area (Å²) in [7, 11) is 0. The second-order valence-corrected chi connectivity index (χ2v) is 11.6. The van der Waals surface area contributed by atoms with E-state index in [4.69, 9.17) is 9.47 Å². The number of benzene rings is 2. The summed E-state index contributed by atoms with van der Waals surface area (Å²) in [6, 6.07) is 2.56. The largest absolute Gasteiger partial charge is 0.485 e. The maximum absolute atomic E-state index is 14.0. The highest BCUT2D eigenvalue weighted by atomic mass is 19.4. The first kappa shape index (κ1) is 37.1. The number of hydrogen-bond acceptors (Lipinski definition) is 7. The minimum atomic E-state index is -4.79. The van der Waals surface area contributed by atoms with Crippen LogP contribution >= 0.6 is 0 Å². The molecule has 1 fully saturated rings. The number of hydrogen-bond donors (Lipinski definition) is 3. The van der Waals surface area contributed by atoms with Gasteiger partial charge in [-0.25, -0.2) is 8.78 Å². The van der Waals surface area contributed by atoms with Gasteiger partial charge in [0.25, 0.3) is 0 Å². The molecule has 3 N–H and O–H groups in total. The molecule has 1 saturated heterocycles. The molecule has 2 aromatic rings. The maximum atomic E-state index is 14.0. The second-order valence-electron chi connectivity index (χ2n) is 11.6. The van der Waals surface area contributed by atoms with Gasteiger partial charge in [0.15, 0.2) is 17.4 Å². The molecule has 0 aromatic heterocycles. The maximum Gasteiger partial charge on any atom is 0.418 e. The van der Waals surface area contributed by atoms with Gasteiger partial charge in [-0.2, -0.15) is 22.0 Å². The minimum Gasteiger partial charge on any atom is -0.485 e. The van der Waals surface area contributed by atoms with Crippen molar-refractivity contribution in [1.82, 2.24) is 10.2 Å². The molecule has 2 atom stereocenters. The number of amides is 3. The molecule has 1 aliphatic rings. The Kier molecular flexibility index (Phi) is 11.8. The van der Waals surface area contributed by atoms with Crippen LogP contribution in [0, 0.1) is 29.2 Å². The molecule has 17 heteroatoms. The van der Waals surface area contributed by atoms with Crippen molar-refractivity contribution in [2.24, 2.45) is 5.92 Å². The molecule has 0 aliphatic carbocycles. The van der Waals surface area contributed by atoms with E-state index in [-0.39, 0.29) is 32.0 Å². The normalized spacial score (nSPS) is 15.4. The Morgan fingerprint density at radius 3 is 2.11 bits per heavy atom. The van der Waals surface area contributed by atoms with E-state index in [1.54, 1.807) is 20.8 Å². The third kappa shape index (κ3) is 10.0. The number of anilines is 1. The van der Waals surface area contributed by atoms with Gasteiger partial charge < -0.3 is 30.1 Å². The second kappa shape index (κ2) is 15.0. The number of aliphatic hydroxyl groups is 1. The molecule has 1 aliphatic heterocycles. The Balaban J connectivity index is 1.65. The Morgan fingerprint density at radius 1 is 0.979 bits per heavy atom. The quantitative estimate of drug-likeness (QED) is 0.157. The van der Waals surface area contributed by atoms with Crippen LogP contribution in [0.2, 0.25) is 0 Å². The molecule has 3 amide bonds. The average molecular weight is 680 g/mol. The van der Waals surface area contributed by atoms with Crippen LogP contribution in [0.25, 0.3) is 0 Å². The van der Waals surface area contributed by atoms with E-state index in [0.717, 1.165) is 23.1 Å². The van der Waals surface area contributed by atoms with Crippen LogP contribution in [0.15, 0.2) is 30.3 Å². The summed E-state index contributed by atoms with van der Waals surface area (Å²) >= 11 is 0. The van der Waals surface area contributed by atoms with E-state index in [1.807, 2.05) is 5.32 Å². The Hall–Kier alpha value is -4.41. The number of carbonyl (C=O) groups is 4. The van der Waals surface area contributed by atoms with Gasteiger partial charge in [0.2, 0.25) is 17.5 Å². The van der Waals surface area contributed by atoms with Gasteiger partial charge in [0, 0.05) is 25.1 Å². The molecular formula is C30H32F7N3O7. The number of ether oxygens (including phenoxy) is 2. The number of aliphatic hydroxyl groups excluding tert-OH is 1. The zero-order chi connectivity index (χ0) is 35.3. The van der Waals surface area contributed by atoms with Gasteiger partial charge >= 0.3 is 24.0 Å². The van der Waals surface area contributed by atoms with Crippen molar-refractivity contribution in [1.29, 1.82) is 0 Å². The van der Waals surface area contributed by atoms with Crippen LogP contribution in [0.1, 0.15) is 45.6 Å². The van der Waals surface area contributed by atoms with Crippen LogP contribution in [0.4, 0.5) is 36.4 Å². The standard InChI is InChI=1S/C30H32F7N3O7/c1-29(2,3)47-22(42)13-20(21(41)14-46-25-23(33)17(31)12-18(32)24(25)34)39-26(43)15-8-10-40(11-9-15)28(45)27(44)38-19-7-5-4-6-16(19)30(35,36)37/h4-7,12,15,20-21,41H,8-11,13-14H2,1-3H3,(H,38,44)(H,39,43)/t20-,21?/m0/s1. The molecule has 258 valence electrons. The summed E-state index contributed by atoms with van der Waals surface area (Å²) in [4.78, 5) is 51.8. The van der Waals surface area contributed by atoms with Crippen molar-refractivity contribution in [2.75, 3.05) is 25.0 Å². The third-order valence-electron chi connectivity index (χ3n) is 6.90. The van der Waals surface area contributed by atoms with E-state index in [0.29, 0.717) is 0 Å². The lowest BCUT2D eigenvalue weighted by Gasteiger charge is -2.32. The van der Waals surface area contributed by atoms with Gasteiger partial charge in [-0.3, -0.25) is 19.2 Å². The number of rotatable bonds is 9. The summed E-state index contributed by atoms with van der Waals surface area (Å²) in [5.41, 5.74) is -2.73. The molecule has 0 bridgehead atoms. The summed E-state index contributed by atoms with van der Waals surface area (Å²) in [6.07, 6.45) is -7.37. The van der Waals surface area contributed by atoms with Crippen molar-refractivity contribution in [3.63, 3.8) is 0 Å². The van der Waals surface area contributed by atoms with Crippen molar-refractivity contribution in [3.05, 3.63) is 59.2 Å². The van der Waals surface area contributed by atoms with Crippen molar-refractivity contribution < 1.29 is 64.5 Å². The highest BCUT2D eigenvalue weighted by Gasteiger charge is 2.36. The molecule has 1 unspecified atom stereocenters. The van der Waals surface area contributed by atoms with Crippen molar-refractivity contribution in [3.8, 4) is 5.75 Å². The zero-order valence-electron chi connectivity index (χ0n) is 25.4. The minimum absolute atomic E-state index is 0.0330. The molecular weight excluding hydrogens is 647 g/mol. The van der Waals surface area contributed by atoms with Crippen molar-refractivity contribution >= 4 is 29.4 Å². The van der Waals surface area contributed by atoms with Crippen LogP contribution in [0.5, 0.6) is 5.75 Å². The number of piperidine rings is 1. The predicted molar refractivity (Wildman–Crippen MR) is 150 cm³/mol. The predicted octanol–water partition coefficient (Wildman–Crippen LogP) is 4.10. The van der Waals surface area contributed by atoms with Gasteiger partial charge in [-0.05, 0) is 45.7 Å². The molecule has 2 aromatic carbocycles. The lowest BCUT2D eigenvalue weighted by atomic mass is 9.94. The molecule has 0 radical (unpaired) electrons. The third-order valence-corrected chi connectivity index (χ3v) is 6.90. The molecule has 10 nitrogen and oxygen atoms in total. The van der Waals surface area contributed by atoms with Gasteiger partial charge in [-0.1, -0.05) is 12.1 Å². The highest BCUT2D eigenvalue weighted by molar-refractivity contribution is 6.39. The Labute approximate surface area is 264 Å². The van der Waals surface area contributed by atoms with E-state index in [9.17, 15) is 55.0 Å². The van der Waals surface area contributed by atoms with Crippen LogP contribution in [0.3, 0.4) is 0 Å². The number of esters is 1. The monoisotopic (exact) mass is 679 g/mol. The highest BCUT2D eigenvalue weighted by Crippen LogP contribution is 2.34. The van der Waals surface area contributed by atoms with E-state index in [1.165, 1.54) is 6.07 Å². The molecule has 3 rings (SSSR count). The average Bonchev–Trinajstić information content (AvgIpc) is 2.98. The summed E-state index contributed by atoms with van der Waals surface area (Å²) < 4.78 is 105. The lowest BCUT2D eigenvalue weighted by Crippen LogP contribution is -2.51. The van der Waals surface area contributed by atoms with E-state index in [2.05, 4.69) is 5.32 Å². The van der Waals surface area contributed by atoms with Crippen LogP contribution in [-0.4, -0.2) is 71.1 Å². The Bertz CT molecular complexity index is 1460. The molecule has 1 heterocycles. The first-order valence-corrected chi connectivity index (χ1v) is 14.2. The number of nitrogens with one attached hydrogen (secondary N) is 2. The first-order chi connectivity index (χ1) is 21.8. The number of halogens is 7. The van der Waals surface area contributed by atoms with E-state index < -0.39 is 107 Å². The number of carbonyl (C=O) groups excluding carboxylic acids is 4. The van der Waals surface area contributed by atoms with Crippen molar-refractivity contribution in [2.45, 2.75) is 64.0 Å². The Morgan fingerprint density at radius 2 is 1.55 bits per heavy atom. The number of alkyl halides is 3. The smallest absolute Gasteiger partial charge is 0.418 e. The van der Waals surface area contributed by atoms with Gasteiger partial charge in [0.05, 0.1) is 23.7 Å². The van der Waals surface area contributed by atoms with E-state index >= 15 is 0 Å². The summed E-state index contributed by atoms with van der Waals surface area (Å²) in [6.45, 7) is 3.31. The molecule has 0 saturated carbocycles. The van der Waals surface area contributed by atoms with Crippen LogP contribution < -0.4 is 15.4 Å². The topological polar surface area (TPSA) is 134 Å². The molecule has 47 heavy (non-hydrogen) atoms.